The third-order valence-corrected chi connectivity index (χ3v) is 5.59. The molecule has 0 spiro atoms. The van der Waals surface area contributed by atoms with Crippen molar-refractivity contribution >= 4 is 11.7 Å². The van der Waals surface area contributed by atoms with Crippen LogP contribution in [0.15, 0.2) is 42.5 Å². The highest BCUT2D eigenvalue weighted by Crippen LogP contribution is 2.23. The van der Waals surface area contributed by atoms with Crippen molar-refractivity contribution in [2.24, 2.45) is 0 Å². The first kappa shape index (κ1) is 21.7. The highest BCUT2D eigenvalue weighted by atomic mass is 16.2. The standard InChI is InChI=1S/C25H29N3O2/c1-27(2)13-14-28(18-20-6-3-5-19(15-20)17-26)25(30)12-11-24(29)23-10-9-21-7-4-8-22(21)16-23/h3,5-6,9-10,15-16H,4,7-8,11-14,18H2,1-2H3. The molecule has 0 aromatic heterocycles. The SMILES string of the molecule is CN(C)CCN(Cc1cccc(C#N)c1)C(=O)CCC(=O)c1ccc2c(c1)CCC2. The van der Waals surface area contributed by atoms with E-state index in [0.29, 0.717) is 24.2 Å². The minimum absolute atomic E-state index is 0.0251. The van der Waals surface area contributed by atoms with E-state index in [4.69, 9.17) is 5.26 Å². The highest BCUT2D eigenvalue weighted by Gasteiger charge is 2.18. The van der Waals surface area contributed by atoms with Crippen LogP contribution < -0.4 is 0 Å². The maximum Gasteiger partial charge on any atom is 0.223 e. The van der Waals surface area contributed by atoms with Crippen LogP contribution in [0.25, 0.3) is 0 Å². The summed E-state index contributed by atoms with van der Waals surface area (Å²) < 4.78 is 0. The summed E-state index contributed by atoms with van der Waals surface area (Å²) >= 11 is 0. The van der Waals surface area contributed by atoms with Gasteiger partial charge in [0.1, 0.15) is 0 Å². The van der Waals surface area contributed by atoms with Gasteiger partial charge in [0.2, 0.25) is 5.91 Å². The molecule has 0 unspecified atom stereocenters. The van der Waals surface area contributed by atoms with E-state index in [2.05, 4.69) is 12.1 Å². The highest BCUT2D eigenvalue weighted by molar-refractivity contribution is 5.98. The normalized spacial score (nSPS) is 12.5. The smallest absolute Gasteiger partial charge is 0.223 e. The molecule has 0 saturated carbocycles. The molecule has 5 heteroatoms. The van der Waals surface area contributed by atoms with Crippen LogP contribution in [-0.2, 0) is 24.2 Å². The van der Waals surface area contributed by atoms with Crippen LogP contribution in [0.4, 0.5) is 0 Å². The predicted molar refractivity (Wildman–Crippen MR) is 117 cm³/mol. The Kier molecular flexibility index (Phi) is 7.37. The summed E-state index contributed by atoms with van der Waals surface area (Å²) in [6, 6.07) is 15.4. The van der Waals surface area contributed by atoms with Gasteiger partial charge in [-0.05, 0) is 68.2 Å². The zero-order valence-electron chi connectivity index (χ0n) is 17.9. The number of Topliss-reactive ketones (excluding diaryl/α,β-unsaturated/α-hetero) is 1. The Hall–Kier alpha value is -2.97. The molecule has 0 N–H and O–H groups in total. The third kappa shape index (κ3) is 5.77. The average Bonchev–Trinajstić information content (AvgIpc) is 3.22. The molecule has 0 fully saturated rings. The van der Waals surface area contributed by atoms with E-state index >= 15 is 0 Å². The van der Waals surface area contributed by atoms with Crippen molar-refractivity contribution in [3.05, 3.63) is 70.3 Å². The van der Waals surface area contributed by atoms with E-state index in [1.54, 1.807) is 11.0 Å². The number of nitrogens with zero attached hydrogens (tertiary/aromatic N) is 3. The van der Waals surface area contributed by atoms with Gasteiger partial charge in [-0.25, -0.2) is 0 Å². The summed E-state index contributed by atoms with van der Waals surface area (Å²) in [7, 11) is 3.94. The van der Waals surface area contributed by atoms with E-state index in [1.807, 2.05) is 49.3 Å². The number of hydrogen-bond acceptors (Lipinski definition) is 4. The van der Waals surface area contributed by atoms with Gasteiger partial charge in [0.15, 0.2) is 5.78 Å². The van der Waals surface area contributed by atoms with Gasteiger partial charge < -0.3 is 9.80 Å². The number of benzene rings is 2. The van der Waals surface area contributed by atoms with Gasteiger partial charge in [-0.15, -0.1) is 0 Å². The minimum atomic E-state index is -0.0336. The molecule has 0 radical (unpaired) electrons. The zero-order valence-corrected chi connectivity index (χ0v) is 17.9. The second-order valence-corrected chi connectivity index (χ2v) is 8.19. The second-order valence-electron chi connectivity index (χ2n) is 8.19. The van der Waals surface area contributed by atoms with Crippen molar-refractivity contribution in [1.29, 1.82) is 5.26 Å². The van der Waals surface area contributed by atoms with Crippen molar-refractivity contribution in [3.63, 3.8) is 0 Å². The second kappa shape index (κ2) is 10.2. The lowest BCUT2D eigenvalue weighted by molar-refractivity contribution is -0.131. The molecule has 2 aromatic carbocycles. The third-order valence-electron chi connectivity index (χ3n) is 5.59. The van der Waals surface area contributed by atoms with Crippen LogP contribution >= 0.6 is 0 Å². The number of likely N-dealkylation sites (N-methyl/N-ethyl adjacent to an activating group) is 1. The predicted octanol–water partition coefficient (Wildman–Crippen LogP) is 3.60. The first-order valence-electron chi connectivity index (χ1n) is 10.5. The number of aryl methyl sites for hydroxylation is 2. The summed E-state index contributed by atoms with van der Waals surface area (Å²) in [5.41, 5.74) is 4.84. The zero-order chi connectivity index (χ0) is 21.5. The average molecular weight is 404 g/mol. The Balaban J connectivity index is 1.63. The maximum absolute atomic E-state index is 12.9. The van der Waals surface area contributed by atoms with E-state index < -0.39 is 0 Å². The van der Waals surface area contributed by atoms with Crippen LogP contribution in [0.2, 0.25) is 0 Å². The summed E-state index contributed by atoms with van der Waals surface area (Å²) in [5, 5.41) is 9.12. The number of carbonyl (C=O) groups is 2. The number of carbonyl (C=O) groups excluding carboxylic acids is 2. The summed E-state index contributed by atoms with van der Waals surface area (Å²) in [4.78, 5) is 29.4. The molecule has 1 aliphatic rings. The number of amides is 1. The Morgan fingerprint density at radius 2 is 1.80 bits per heavy atom. The summed E-state index contributed by atoms with van der Waals surface area (Å²) in [6.07, 6.45) is 3.69. The Labute approximate surface area is 178 Å². The Bertz CT molecular complexity index is 959. The van der Waals surface area contributed by atoms with Crippen molar-refractivity contribution < 1.29 is 9.59 Å². The van der Waals surface area contributed by atoms with Crippen LogP contribution in [0, 0.1) is 11.3 Å². The molecule has 0 heterocycles. The van der Waals surface area contributed by atoms with Crippen LogP contribution in [0.1, 0.15) is 51.9 Å². The van der Waals surface area contributed by atoms with Crippen molar-refractivity contribution in [2.45, 2.75) is 38.6 Å². The number of ketones is 1. The van der Waals surface area contributed by atoms with Gasteiger partial charge in [-0.3, -0.25) is 9.59 Å². The number of fused-ring (bicyclic) bond motifs is 1. The van der Waals surface area contributed by atoms with E-state index in [1.165, 1.54) is 11.1 Å². The van der Waals surface area contributed by atoms with Crippen LogP contribution in [0.3, 0.4) is 0 Å². The molecule has 0 saturated heterocycles. The van der Waals surface area contributed by atoms with Gasteiger partial charge in [0.25, 0.3) is 0 Å². The summed E-state index contributed by atoms with van der Waals surface area (Å²) in [6.45, 7) is 1.76. The molecule has 0 atom stereocenters. The lowest BCUT2D eigenvalue weighted by Crippen LogP contribution is -2.36. The molecule has 5 nitrogen and oxygen atoms in total. The van der Waals surface area contributed by atoms with Crippen molar-refractivity contribution in [3.8, 4) is 6.07 Å². The molecule has 0 aliphatic heterocycles. The fourth-order valence-corrected chi connectivity index (χ4v) is 3.84. The molecule has 3 rings (SSSR count). The van der Waals surface area contributed by atoms with Gasteiger partial charge in [-0.2, -0.15) is 5.26 Å². The lowest BCUT2D eigenvalue weighted by Gasteiger charge is -2.24. The molecule has 2 aromatic rings. The van der Waals surface area contributed by atoms with E-state index in [9.17, 15) is 9.59 Å². The van der Waals surface area contributed by atoms with Crippen LogP contribution in [-0.4, -0.2) is 48.7 Å². The quantitative estimate of drug-likeness (QED) is 0.600. The fourth-order valence-electron chi connectivity index (χ4n) is 3.84. The molecular weight excluding hydrogens is 374 g/mol. The van der Waals surface area contributed by atoms with Crippen LogP contribution in [0.5, 0.6) is 0 Å². The first-order valence-corrected chi connectivity index (χ1v) is 10.5. The molecule has 156 valence electrons. The Morgan fingerprint density at radius 1 is 1.00 bits per heavy atom. The topological polar surface area (TPSA) is 64.4 Å². The number of rotatable bonds is 9. The van der Waals surface area contributed by atoms with E-state index in [0.717, 1.165) is 31.4 Å². The molecular formula is C25H29N3O2. The molecule has 1 amide bonds. The molecule has 30 heavy (non-hydrogen) atoms. The minimum Gasteiger partial charge on any atom is -0.337 e. The van der Waals surface area contributed by atoms with Crippen molar-refractivity contribution in [2.75, 3.05) is 27.2 Å². The maximum atomic E-state index is 12.9. The first-order chi connectivity index (χ1) is 14.5. The number of hydrogen-bond donors (Lipinski definition) is 0. The molecule has 1 aliphatic carbocycles. The fraction of sp³-hybridized carbons (Fsp3) is 0.400. The van der Waals surface area contributed by atoms with E-state index in [-0.39, 0.29) is 24.5 Å². The largest absolute Gasteiger partial charge is 0.337 e. The molecule has 0 bridgehead atoms. The van der Waals surface area contributed by atoms with Gasteiger partial charge in [-0.1, -0.05) is 24.3 Å². The van der Waals surface area contributed by atoms with Gasteiger partial charge in [0, 0.05) is 38.0 Å². The summed E-state index contributed by atoms with van der Waals surface area (Å²) in [5.74, 6) is -0.00851. The van der Waals surface area contributed by atoms with Gasteiger partial charge in [0.05, 0.1) is 11.6 Å². The van der Waals surface area contributed by atoms with Crippen molar-refractivity contribution in [1.82, 2.24) is 9.80 Å². The van der Waals surface area contributed by atoms with Gasteiger partial charge >= 0.3 is 0 Å². The Morgan fingerprint density at radius 3 is 2.57 bits per heavy atom. The number of nitriles is 1. The monoisotopic (exact) mass is 403 g/mol. The lowest BCUT2D eigenvalue weighted by atomic mass is 10.0.